The van der Waals surface area contributed by atoms with Gasteiger partial charge in [-0.3, -0.25) is 0 Å². The Balaban J connectivity index is 2.01. The molecular formula is C5H8OSe2. The summed E-state index contributed by atoms with van der Waals surface area (Å²) in [7, 11) is 0. The van der Waals surface area contributed by atoms with Crippen LogP contribution in [0.3, 0.4) is 0 Å². The summed E-state index contributed by atoms with van der Waals surface area (Å²) in [4.78, 5) is 0. The SMILES string of the molecule is C1OCC12C[Se][Se]C2. The van der Waals surface area contributed by atoms with Gasteiger partial charge in [-0.1, -0.05) is 0 Å². The average molecular weight is 242 g/mol. The fourth-order valence-corrected chi connectivity index (χ4v) is 11.4. The molecule has 0 aliphatic carbocycles. The van der Waals surface area contributed by atoms with E-state index in [2.05, 4.69) is 0 Å². The number of rotatable bonds is 0. The Bertz CT molecular complexity index is 92.6. The summed E-state index contributed by atoms with van der Waals surface area (Å²) in [6.45, 7) is 2.19. The van der Waals surface area contributed by atoms with Gasteiger partial charge in [0.1, 0.15) is 0 Å². The Morgan fingerprint density at radius 2 is 1.75 bits per heavy atom. The van der Waals surface area contributed by atoms with Gasteiger partial charge in [-0.05, 0) is 0 Å². The Morgan fingerprint density at radius 1 is 1.12 bits per heavy atom. The first-order valence-electron chi connectivity index (χ1n) is 2.74. The third kappa shape index (κ3) is 0.777. The Kier molecular flexibility index (Phi) is 1.44. The van der Waals surface area contributed by atoms with E-state index in [1.54, 1.807) is 0 Å². The van der Waals surface area contributed by atoms with E-state index in [1.807, 2.05) is 0 Å². The van der Waals surface area contributed by atoms with Crippen LogP contribution in [0.1, 0.15) is 0 Å². The zero-order valence-corrected chi connectivity index (χ0v) is 7.98. The molecule has 1 nitrogen and oxygen atoms in total. The van der Waals surface area contributed by atoms with Gasteiger partial charge in [-0.2, -0.15) is 0 Å². The van der Waals surface area contributed by atoms with Gasteiger partial charge in [0.25, 0.3) is 0 Å². The van der Waals surface area contributed by atoms with Gasteiger partial charge in [-0.15, -0.1) is 0 Å². The summed E-state index contributed by atoms with van der Waals surface area (Å²) in [5, 5.41) is 3.06. The average Bonchev–Trinajstić information content (AvgIpc) is 2.07. The van der Waals surface area contributed by atoms with Crippen molar-refractivity contribution in [2.45, 2.75) is 10.6 Å². The molecule has 0 saturated carbocycles. The van der Waals surface area contributed by atoms with Crippen LogP contribution in [0.4, 0.5) is 0 Å². The van der Waals surface area contributed by atoms with Crippen LogP contribution in [0.5, 0.6) is 0 Å². The van der Waals surface area contributed by atoms with Gasteiger partial charge in [0.05, 0.1) is 0 Å². The van der Waals surface area contributed by atoms with Crippen molar-refractivity contribution in [3.63, 3.8) is 0 Å². The Morgan fingerprint density at radius 3 is 2.00 bits per heavy atom. The van der Waals surface area contributed by atoms with Crippen molar-refractivity contribution in [1.82, 2.24) is 0 Å². The van der Waals surface area contributed by atoms with Gasteiger partial charge in [0.15, 0.2) is 0 Å². The first-order chi connectivity index (χ1) is 3.91. The van der Waals surface area contributed by atoms with Crippen LogP contribution in [-0.2, 0) is 4.74 Å². The predicted molar refractivity (Wildman–Crippen MR) is 34.4 cm³/mol. The quantitative estimate of drug-likeness (QED) is 0.550. The van der Waals surface area contributed by atoms with Gasteiger partial charge >= 0.3 is 60.3 Å². The maximum atomic E-state index is 5.18. The number of ether oxygens (including phenoxy) is 1. The molecule has 0 aromatic carbocycles. The zero-order chi connectivity index (χ0) is 5.45. The molecule has 8 heavy (non-hydrogen) atoms. The summed E-state index contributed by atoms with van der Waals surface area (Å²) < 4.78 is 5.18. The van der Waals surface area contributed by atoms with Crippen LogP contribution < -0.4 is 0 Å². The molecule has 0 aromatic rings. The predicted octanol–water partition coefficient (Wildman–Crippen LogP) is 0.177. The second-order valence-corrected chi connectivity index (χ2v) is 9.86. The number of hydrogen-bond donors (Lipinski definition) is 0. The molecule has 2 heterocycles. The molecule has 2 aliphatic heterocycles. The topological polar surface area (TPSA) is 9.23 Å². The fourth-order valence-electron chi connectivity index (χ4n) is 0.932. The van der Waals surface area contributed by atoms with E-state index in [0.717, 1.165) is 44.9 Å². The molecule has 2 rings (SSSR count). The van der Waals surface area contributed by atoms with Crippen LogP contribution in [0, 0.1) is 5.41 Å². The van der Waals surface area contributed by atoms with Crippen molar-refractivity contribution >= 4 is 26.3 Å². The third-order valence-electron chi connectivity index (χ3n) is 1.63. The van der Waals surface area contributed by atoms with Crippen LogP contribution in [0.2, 0.25) is 10.6 Å². The van der Waals surface area contributed by atoms with E-state index in [1.165, 1.54) is 10.6 Å². The first kappa shape index (κ1) is 5.76. The van der Waals surface area contributed by atoms with Crippen molar-refractivity contribution in [2.75, 3.05) is 13.2 Å². The minimum atomic E-state index is 0.750. The standard InChI is InChI=1S/C5H8OSe2/c1-5(2-6-1)3-7-8-4-5/h1-4H2. The molecule has 0 atom stereocenters. The molecule has 0 N–H and O–H groups in total. The van der Waals surface area contributed by atoms with E-state index in [4.69, 9.17) is 4.74 Å². The van der Waals surface area contributed by atoms with Crippen LogP contribution in [-0.4, -0.2) is 39.5 Å². The molecule has 1 spiro atoms. The molecule has 0 aromatic heterocycles. The first-order valence-corrected chi connectivity index (χ1v) is 9.49. The molecule has 0 bridgehead atoms. The van der Waals surface area contributed by atoms with Crippen LogP contribution >= 0.6 is 0 Å². The van der Waals surface area contributed by atoms with Crippen molar-refractivity contribution < 1.29 is 4.74 Å². The normalized spacial score (nSPS) is 33.0. The summed E-state index contributed by atoms with van der Waals surface area (Å²) in [6, 6.07) is 0. The van der Waals surface area contributed by atoms with Gasteiger partial charge in [0, 0.05) is 0 Å². The molecule has 46 valence electrons. The van der Waals surface area contributed by atoms with Crippen molar-refractivity contribution in [1.29, 1.82) is 0 Å². The summed E-state index contributed by atoms with van der Waals surface area (Å²) in [6.07, 6.45) is 0. The fraction of sp³-hybridized carbons (Fsp3) is 1.00. The Hall–Kier alpha value is 0.999. The van der Waals surface area contributed by atoms with Crippen molar-refractivity contribution in [3.05, 3.63) is 0 Å². The van der Waals surface area contributed by atoms with Crippen molar-refractivity contribution in [3.8, 4) is 0 Å². The second-order valence-electron chi connectivity index (χ2n) is 2.52. The van der Waals surface area contributed by atoms with E-state index in [-0.39, 0.29) is 0 Å². The molecule has 2 fully saturated rings. The second kappa shape index (κ2) is 2.00. The van der Waals surface area contributed by atoms with E-state index in [9.17, 15) is 0 Å². The third-order valence-corrected chi connectivity index (χ3v) is 9.43. The van der Waals surface area contributed by atoms with Crippen molar-refractivity contribution in [2.24, 2.45) is 5.41 Å². The summed E-state index contributed by atoms with van der Waals surface area (Å²) in [5.41, 5.74) is 0.750. The number of hydrogen-bond acceptors (Lipinski definition) is 1. The molecule has 0 unspecified atom stereocenters. The molecule has 3 heteroatoms. The van der Waals surface area contributed by atoms with Gasteiger partial charge in [-0.25, -0.2) is 0 Å². The van der Waals surface area contributed by atoms with Crippen LogP contribution in [0.25, 0.3) is 0 Å². The van der Waals surface area contributed by atoms with Gasteiger partial charge < -0.3 is 0 Å². The molecule has 0 amide bonds. The van der Waals surface area contributed by atoms with E-state index in [0.29, 0.717) is 0 Å². The maximum absolute atomic E-state index is 5.18. The monoisotopic (exact) mass is 244 g/mol. The van der Waals surface area contributed by atoms with E-state index >= 15 is 0 Å². The van der Waals surface area contributed by atoms with Crippen LogP contribution in [0.15, 0.2) is 0 Å². The molecule has 2 saturated heterocycles. The molecule has 2 aliphatic rings. The van der Waals surface area contributed by atoms with E-state index < -0.39 is 0 Å². The zero-order valence-electron chi connectivity index (χ0n) is 4.55. The van der Waals surface area contributed by atoms with Gasteiger partial charge in [0.2, 0.25) is 0 Å². The molecule has 0 radical (unpaired) electrons. The summed E-state index contributed by atoms with van der Waals surface area (Å²) in [5.74, 6) is 0. The summed E-state index contributed by atoms with van der Waals surface area (Å²) >= 11 is 2.08. The molecular weight excluding hydrogens is 234 g/mol. The Labute approximate surface area is 60.4 Å². The minimum absolute atomic E-state index is 0.750.